The van der Waals surface area contributed by atoms with E-state index in [2.05, 4.69) is 19.2 Å². The van der Waals surface area contributed by atoms with Crippen molar-refractivity contribution < 1.29 is 0 Å². The summed E-state index contributed by atoms with van der Waals surface area (Å²) in [6, 6.07) is 1.67. The minimum Gasteiger partial charge on any atom is -0.311 e. The SMILES string of the molecule is CCC(NC1CCCC(C)CC1)C1CC1. The highest BCUT2D eigenvalue weighted by Crippen LogP contribution is 2.35. The third kappa shape index (κ3) is 3.48. The highest BCUT2D eigenvalue weighted by atomic mass is 15.0. The fraction of sp³-hybridized carbons (Fsp3) is 1.00. The maximum atomic E-state index is 3.93. The van der Waals surface area contributed by atoms with Gasteiger partial charge in [0.05, 0.1) is 0 Å². The molecule has 3 unspecified atom stereocenters. The summed E-state index contributed by atoms with van der Waals surface area (Å²) in [4.78, 5) is 0. The minimum absolute atomic E-state index is 0.834. The third-order valence-electron chi connectivity index (χ3n) is 4.34. The van der Waals surface area contributed by atoms with Gasteiger partial charge in [-0.1, -0.05) is 26.7 Å². The summed E-state index contributed by atoms with van der Waals surface area (Å²) in [6.45, 7) is 4.76. The fourth-order valence-corrected chi connectivity index (χ4v) is 3.04. The van der Waals surface area contributed by atoms with Crippen LogP contribution in [0, 0.1) is 11.8 Å². The lowest BCUT2D eigenvalue weighted by Gasteiger charge is -2.24. The van der Waals surface area contributed by atoms with E-state index in [0.29, 0.717) is 0 Å². The molecule has 2 fully saturated rings. The Morgan fingerprint density at radius 3 is 2.53 bits per heavy atom. The Labute approximate surface area is 95.0 Å². The van der Waals surface area contributed by atoms with Crippen molar-refractivity contribution in [2.24, 2.45) is 11.8 Å². The van der Waals surface area contributed by atoms with E-state index < -0.39 is 0 Å². The fourth-order valence-electron chi connectivity index (χ4n) is 3.04. The van der Waals surface area contributed by atoms with Gasteiger partial charge in [-0.05, 0) is 50.4 Å². The van der Waals surface area contributed by atoms with Crippen molar-refractivity contribution >= 4 is 0 Å². The average molecular weight is 209 g/mol. The third-order valence-corrected chi connectivity index (χ3v) is 4.34. The zero-order chi connectivity index (χ0) is 10.7. The Bertz CT molecular complexity index is 186. The van der Waals surface area contributed by atoms with Crippen LogP contribution in [0.3, 0.4) is 0 Å². The Morgan fingerprint density at radius 2 is 1.87 bits per heavy atom. The van der Waals surface area contributed by atoms with Gasteiger partial charge in [0.2, 0.25) is 0 Å². The molecule has 0 heterocycles. The monoisotopic (exact) mass is 209 g/mol. The summed E-state index contributed by atoms with van der Waals surface area (Å²) in [5.74, 6) is 1.99. The first-order valence-electron chi connectivity index (χ1n) is 7.05. The number of hydrogen-bond acceptors (Lipinski definition) is 1. The summed E-state index contributed by atoms with van der Waals surface area (Å²) in [5, 5.41) is 3.93. The normalized spacial score (nSPS) is 34.8. The van der Waals surface area contributed by atoms with Crippen molar-refractivity contribution in [3.8, 4) is 0 Å². The molecule has 0 radical (unpaired) electrons. The first-order valence-corrected chi connectivity index (χ1v) is 7.05. The summed E-state index contributed by atoms with van der Waals surface area (Å²) in [5.41, 5.74) is 0. The molecule has 0 spiro atoms. The Hall–Kier alpha value is -0.0400. The Balaban J connectivity index is 1.76. The molecule has 2 aliphatic carbocycles. The average Bonchev–Trinajstić information content (AvgIpc) is 3.03. The second kappa shape index (κ2) is 5.34. The highest BCUT2D eigenvalue weighted by molar-refractivity contribution is 4.88. The highest BCUT2D eigenvalue weighted by Gasteiger charge is 2.31. The molecular weight excluding hydrogens is 182 g/mol. The van der Waals surface area contributed by atoms with Crippen molar-refractivity contribution in [3.05, 3.63) is 0 Å². The van der Waals surface area contributed by atoms with Gasteiger partial charge in [-0.25, -0.2) is 0 Å². The summed E-state index contributed by atoms with van der Waals surface area (Å²) in [7, 11) is 0. The zero-order valence-corrected chi connectivity index (χ0v) is 10.5. The van der Waals surface area contributed by atoms with E-state index in [1.165, 1.54) is 51.4 Å². The molecule has 0 aromatic heterocycles. The van der Waals surface area contributed by atoms with Gasteiger partial charge in [-0.3, -0.25) is 0 Å². The second-order valence-electron chi connectivity index (χ2n) is 5.83. The minimum atomic E-state index is 0.834. The van der Waals surface area contributed by atoms with Crippen LogP contribution in [-0.4, -0.2) is 12.1 Å². The zero-order valence-electron chi connectivity index (χ0n) is 10.5. The van der Waals surface area contributed by atoms with Crippen LogP contribution < -0.4 is 5.32 Å². The number of rotatable bonds is 4. The van der Waals surface area contributed by atoms with E-state index in [1.807, 2.05) is 0 Å². The lowest BCUT2D eigenvalue weighted by atomic mass is 10.0. The quantitative estimate of drug-likeness (QED) is 0.696. The standard InChI is InChI=1S/C14H27N/c1-3-14(12-8-9-12)15-13-6-4-5-11(2)7-10-13/h11-15H,3-10H2,1-2H3. The van der Waals surface area contributed by atoms with Crippen molar-refractivity contribution in [1.82, 2.24) is 5.32 Å². The first kappa shape index (κ1) is 11.4. The maximum Gasteiger partial charge on any atom is 0.00952 e. The maximum absolute atomic E-state index is 3.93. The molecule has 0 aromatic carbocycles. The van der Waals surface area contributed by atoms with Gasteiger partial charge in [-0.15, -0.1) is 0 Å². The molecule has 1 N–H and O–H groups in total. The van der Waals surface area contributed by atoms with E-state index in [4.69, 9.17) is 0 Å². The summed E-state index contributed by atoms with van der Waals surface area (Å²) in [6.07, 6.45) is 11.5. The van der Waals surface area contributed by atoms with E-state index in [0.717, 1.165) is 23.9 Å². The van der Waals surface area contributed by atoms with Gasteiger partial charge >= 0.3 is 0 Å². The van der Waals surface area contributed by atoms with Gasteiger partial charge in [0.1, 0.15) is 0 Å². The smallest absolute Gasteiger partial charge is 0.00952 e. The molecule has 0 amide bonds. The number of hydrogen-bond donors (Lipinski definition) is 1. The van der Waals surface area contributed by atoms with Crippen LogP contribution in [-0.2, 0) is 0 Å². The molecule has 1 heteroatoms. The van der Waals surface area contributed by atoms with E-state index in [-0.39, 0.29) is 0 Å². The summed E-state index contributed by atoms with van der Waals surface area (Å²) < 4.78 is 0. The molecule has 0 bridgehead atoms. The van der Waals surface area contributed by atoms with Gasteiger partial charge in [0.25, 0.3) is 0 Å². The van der Waals surface area contributed by atoms with Crippen molar-refractivity contribution in [1.29, 1.82) is 0 Å². The second-order valence-corrected chi connectivity index (χ2v) is 5.83. The van der Waals surface area contributed by atoms with Crippen LogP contribution in [0.1, 0.15) is 65.2 Å². The van der Waals surface area contributed by atoms with Gasteiger partial charge in [0.15, 0.2) is 0 Å². The predicted octanol–water partition coefficient (Wildman–Crippen LogP) is 3.73. The van der Waals surface area contributed by atoms with Crippen LogP contribution in [0.4, 0.5) is 0 Å². The molecule has 0 aromatic rings. The van der Waals surface area contributed by atoms with E-state index in [9.17, 15) is 0 Å². The Kier molecular flexibility index (Phi) is 4.07. The molecule has 0 aliphatic heterocycles. The molecule has 88 valence electrons. The Morgan fingerprint density at radius 1 is 1.07 bits per heavy atom. The van der Waals surface area contributed by atoms with Crippen molar-refractivity contribution in [2.75, 3.05) is 0 Å². The van der Waals surface area contributed by atoms with Gasteiger partial charge in [-0.2, -0.15) is 0 Å². The lowest BCUT2D eigenvalue weighted by Crippen LogP contribution is -2.39. The molecule has 1 nitrogen and oxygen atoms in total. The topological polar surface area (TPSA) is 12.0 Å². The number of nitrogens with one attached hydrogen (secondary N) is 1. The largest absolute Gasteiger partial charge is 0.311 e. The van der Waals surface area contributed by atoms with Crippen molar-refractivity contribution in [2.45, 2.75) is 77.3 Å². The van der Waals surface area contributed by atoms with Crippen LogP contribution in [0.15, 0.2) is 0 Å². The molecule has 2 aliphatic rings. The molecule has 0 saturated heterocycles. The van der Waals surface area contributed by atoms with E-state index in [1.54, 1.807) is 0 Å². The molecule has 15 heavy (non-hydrogen) atoms. The van der Waals surface area contributed by atoms with Crippen LogP contribution >= 0.6 is 0 Å². The summed E-state index contributed by atoms with van der Waals surface area (Å²) >= 11 is 0. The van der Waals surface area contributed by atoms with Crippen LogP contribution in [0.5, 0.6) is 0 Å². The van der Waals surface area contributed by atoms with Crippen LogP contribution in [0.2, 0.25) is 0 Å². The van der Waals surface area contributed by atoms with E-state index >= 15 is 0 Å². The van der Waals surface area contributed by atoms with Gasteiger partial charge in [0, 0.05) is 12.1 Å². The van der Waals surface area contributed by atoms with Gasteiger partial charge < -0.3 is 5.32 Å². The first-order chi connectivity index (χ1) is 7.29. The molecule has 2 rings (SSSR count). The molecule has 3 atom stereocenters. The lowest BCUT2D eigenvalue weighted by molar-refractivity contribution is 0.356. The molecule has 2 saturated carbocycles. The van der Waals surface area contributed by atoms with Crippen LogP contribution in [0.25, 0.3) is 0 Å². The predicted molar refractivity (Wildman–Crippen MR) is 66.0 cm³/mol. The van der Waals surface area contributed by atoms with Crippen molar-refractivity contribution in [3.63, 3.8) is 0 Å². The molecular formula is C14H27N.